The van der Waals surface area contributed by atoms with E-state index < -0.39 is 10.0 Å². The van der Waals surface area contributed by atoms with Gasteiger partial charge >= 0.3 is 0 Å². The van der Waals surface area contributed by atoms with Gasteiger partial charge < -0.3 is 10.3 Å². The minimum absolute atomic E-state index is 0.329. The summed E-state index contributed by atoms with van der Waals surface area (Å²) in [4.78, 5) is 0.329. The highest BCUT2D eigenvalue weighted by atomic mass is 32.2. The predicted octanol–water partition coefficient (Wildman–Crippen LogP) is 0.997. The molecule has 98 valence electrons. The minimum Gasteiger partial charge on any atom is -0.349 e. The summed E-state index contributed by atoms with van der Waals surface area (Å²) in [5.41, 5.74) is 6.47. The fraction of sp³-hybridized carbons (Fsp3) is 0.636. The molecule has 6 heteroatoms. The van der Waals surface area contributed by atoms with E-state index in [1.807, 2.05) is 18.4 Å². The lowest BCUT2D eigenvalue weighted by Gasteiger charge is -2.13. The third kappa shape index (κ3) is 2.88. The fourth-order valence-corrected chi connectivity index (χ4v) is 2.88. The highest BCUT2D eigenvalue weighted by molar-refractivity contribution is 7.89. The molecule has 0 atom stereocenters. The molecule has 0 saturated carbocycles. The summed E-state index contributed by atoms with van der Waals surface area (Å²) in [6.07, 6.45) is 2.62. The van der Waals surface area contributed by atoms with Crippen LogP contribution in [0.4, 0.5) is 0 Å². The molecule has 0 aliphatic carbocycles. The molecule has 2 N–H and O–H groups in total. The van der Waals surface area contributed by atoms with Gasteiger partial charge in [-0.25, -0.2) is 12.7 Å². The molecular weight excluding hydrogens is 238 g/mol. The number of aryl methyl sites for hydroxylation is 1. The normalized spacial score (nSPS) is 12.3. The number of nitrogens with zero attached hydrogens (tertiary/aromatic N) is 2. The van der Waals surface area contributed by atoms with Crippen LogP contribution in [0.15, 0.2) is 17.2 Å². The van der Waals surface area contributed by atoms with Crippen LogP contribution >= 0.6 is 0 Å². The van der Waals surface area contributed by atoms with Crippen molar-refractivity contribution in [3.8, 4) is 0 Å². The Balaban J connectivity index is 3.15. The van der Waals surface area contributed by atoms with E-state index in [0.717, 1.165) is 18.7 Å². The zero-order valence-corrected chi connectivity index (χ0v) is 11.5. The Labute approximate surface area is 103 Å². The van der Waals surface area contributed by atoms with Crippen molar-refractivity contribution in [1.29, 1.82) is 0 Å². The van der Waals surface area contributed by atoms with Gasteiger partial charge in [-0.15, -0.1) is 0 Å². The van der Waals surface area contributed by atoms with Gasteiger partial charge in [0.15, 0.2) is 0 Å². The number of hydrogen-bond acceptors (Lipinski definition) is 3. The smallest absolute Gasteiger partial charge is 0.244 e. The lowest BCUT2D eigenvalue weighted by Crippen LogP contribution is -2.26. The Morgan fingerprint density at radius 3 is 2.53 bits per heavy atom. The van der Waals surface area contributed by atoms with Crippen molar-refractivity contribution in [1.82, 2.24) is 8.87 Å². The van der Waals surface area contributed by atoms with Gasteiger partial charge in [0.2, 0.25) is 10.0 Å². The third-order valence-electron chi connectivity index (χ3n) is 2.79. The van der Waals surface area contributed by atoms with Gasteiger partial charge in [-0.1, -0.05) is 13.8 Å². The zero-order valence-electron chi connectivity index (χ0n) is 10.7. The summed E-state index contributed by atoms with van der Waals surface area (Å²) in [5.74, 6) is 0. The van der Waals surface area contributed by atoms with Crippen LogP contribution in [0, 0.1) is 0 Å². The fourth-order valence-electron chi connectivity index (χ4n) is 1.64. The molecule has 0 aliphatic heterocycles. The molecule has 0 fully saturated rings. The second-order valence-electron chi connectivity index (χ2n) is 3.98. The van der Waals surface area contributed by atoms with E-state index in [9.17, 15) is 8.42 Å². The molecular formula is C11H21N3O2S. The topological polar surface area (TPSA) is 68.3 Å². The van der Waals surface area contributed by atoms with E-state index in [4.69, 9.17) is 5.73 Å². The van der Waals surface area contributed by atoms with Gasteiger partial charge in [0.25, 0.3) is 0 Å². The van der Waals surface area contributed by atoms with Crippen molar-refractivity contribution in [3.05, 3.63) is 18.0 Å². The first-order valence-corrected chi connectivity index (χ1v) is 7.26. The molecule has 0 saturated heterocycles. The SMILES string of the molecule is CCCn1cc(S(=O)(=O)N(C)CC)cc1CN. The standard InChI is InChI=1S/C11H21N3O2S/c1-4-6-14-9-11(7-10(14)8-12)17(15,16)13(3)5-2/h7,9H,4-6,8,12H2,1-3H3. The van der Waals surface area contributed by atoms with Crippen molar-refractivity contribution in [2.45, 2.75) is 38.3 Å². The summed E-state index contributed by atoms with van der Waals surface area (Å²) in [6.45, 7) is 5.46. The Kier molecular flexibility index (Phi) is 4.73. The van der Waals surface area contributed by atoms with Crippen LogP contribution in [0.25, 0.3) is 0 Å². The lowest BCUT2D eigenvalue weighted by atomic mass is 10.4. The number of rotatable bonds is 6. The van der Waals surface area contributed by atoms with E-state index in [1.165, 1.54) is 4.31 Å². The Hall–Kier alpha value is -0.850. The second kappa shape index (κ2) is 5.66. The summed E-state index contributed by atoms with van der Waals surface area (Å²) < 4.78 is 27.5. The average molecular weight is 259 g/mol. The molecule has 0 spiro atoms. The van der Waals surface area contributed by atoms with Crippen molar-refractivity contribution >= 4 is 10.0 Å². The molecule has 0 aromatic carbocycles. The van der Waals surface area contributed by atoms with E-state index in [2.05, 4.69) is 0 Å². The maximum absolute atomic E-state index is 12.1. The van der Waals surface area contributed by atoms with Crippen LogP contribution in [-0.4, -0.2) is 30.9 Å². The molecule has 0 amide bonds. The maximum Gasteiger partial charge on any atom is 0.244 e. The van der Waals surface area contributed by atoms with Gasteiger partial charge in [-0.05, 0) is 12.5 Å². The van der Waals surface area contributed by atoms with Crippen LogP contribution in [0.1, 0.15) is 26.0 Å². The molecule has 1 rings (SSSR count). The van der Waals surface area contributed by atoms with Crippen molar-refractivity contribution in [2.24, 2.45) is 5.73 Å². The highest BCUT2D eigenvalue weighted by Gasteiger charge is 2.21. The van der Waals surface area contributed by atoms with Crippen molar-refractivity contribution in [3.63, 3.8) is 0 Å². The number of sulfonamides is 1. The number of hydrogen-bond donors (Lipinski definition) is 1. The molecule has 0 bridgehead atoms. The first-order valence-electron chi connectivity index (χ1n) is 5.82. The summed E-state index contributed by atoms with van der Waals surface area (Å²) in [6, 6.07) is 1.66. The molecule has 0 unspecified atom stereocenters. The van der Waals surface area contributed by atoms with Crippen LogP contribution in [0.5, 0.6) is 0 Å². The number of aromatic nitrogens is 1. The Morgan fingerprint density at radius 1 is 1.41 bits per heavy atom. The lowest BCUT2D eigenvalue weighted by molar-refractivity contribution is 0.486. The second-order valence-corrected chi connectivity index (χ2v) is 6.03. The molecule has 1 aromatic heterocycles. The molecule has 5 nitrogen and oxygen atoms in total. The van der Waals surface area contributed by atoms with Gasteiger partial charge in [0.1, 0.15) is 4.90 Å². The van der Waals surface area contributed by atoms with Crippen LogP contribution in [0.3, 0.4) is 0 Å². The molecule has 17 heavy (non-hydrogen) atoms. The van der Waals surface area contributed by atoms with Crippen LogP contribution in [-0.2, 0) is 23.1 Å². The monoisotopic (exact) mass is 259 g/mol. The first-order chi connectivity index (χ1) is 7.97. The minimum atomic E-state index is -3.36. The summed E-state index contributed by atoms with van der Waals surface area (Å²) in [7, 11) is -1.78. The van der Waals surface area contributed by atoms with Crippen LogP contribution in [0.2, 0.25) is 0 Å². The first kappa shape index (κ1) is 14.2. The van der Waals surface area contributed by atoms with Crippen molar-refractivity contribution in [2.75, 3.05) is 13.6 Å². The van der Waals surface area contributed by atoms with Gasteiger partial charge in [-0.3, -0.25) is 0 Å². The predicted molar refractivity (Wildman–Crippen MR) is 68.1 cm³/mol. The van der Waals surface area contributed by atoms with Crippen LogP contribution < -0.4 is 5.73 Å². The van der Waals surface area contributed by atoms with Gasteiger partial charge in [0.05, 0.1) is 0 Å². The highest BCUT2D eigenvalue weighted by Crippen LogP contribution is 2.18. The zero-order chi connectivity index (χ0) is 13.1. The quantitative estimate of drug-likeness (QED) is 0.828. The van der Waals surface area contributed by atoms with E-state index in [-0.39, 0.29) is 0 Å². The largest absolute Gasteiger partial charge is 0.349 e. The molecule has 0 radical (unpaired) electrons. The molecule has 0 aliphatic rings. The van der Waals surface area contributed by atoms with E-state index >= 15 is 0 Å². The molecule has 1 heterocycles. The van der Waals surface area contributed by atoms with Gasteiger partial charge in [-0.2, -0.15) is 0 Å². The third-order valence-corrected chi connectivity index (χ3v) is 4.69. The maximum atomic E-state index is 12.1. The summed E-state index contributed by atoms with van der Waals surface area (Å²) in [5, 5.41) is 0. The summed E-state index contributed by atoms with van der Waals surface area (Å²) >= 11 is 0. The molecule has 1 aromatic rings. The van der Waals surface area contributed by atoms with Crippen molar-refractivity contribution < 1.29 is 8.42 Å². The Morgan fingerprint density at radius 2 is 2.06 bits per heavy atom. The van der Waals surface area contributed by atoms with Gasteiger partial charge in [0, 0.05) is 38.6 Å². The van der Waals surface area contributed by atoms with E-state index in [1.54, 1.807) is 19.3 Å². The van der Waals surface area contributed by atoms with E-state index in [0.29, 0.717) is 18.0 Å². The number of nitrogens with two attached hydrogens (primary N) is 1. The Bertz CT molecular complexity index is 465. The average Bonchev–Trinajstić information content (AvgIpc) is 2.72.